The zero-order valence-electron chi connectivity index (χ0n) is 10.1. The van der Waals surface area contributed by atoms with E-state index in [0.717, 1.165) is 31.6 Å². The van der Waals surface area contributed by atoms with Gasteiger partial charge in [-0.25, -0.2) is 4.39 Å². The van der Waals surface area contributed by atoms with Crippen LogP contribution in [0.3, 0.4) is 0 Å². The molecule has 0 spiro atoms. The van der Waals surface area contributed by atoms with Crippen LogP contribution >= 0.6 is 11.6 Å². The van der Waals surface area contributed by atoms with E-state index in [2.05, 4.69) is 4.90 Å². The number of aliphatic hydroxyl groups excluding tert-OH is 1. The summed E-state index contributed by atoms with van der Waals surface area (Å²) in [6.45, 7) is 3.31. The molecule has 100 valence electrons. The van der Waals surface area contributed by atoms with Gasteiger partial charge in [-0.3, -0.25) is 4.90 Å². The van der Waals surface area contributed by atoms with Crippen LogP contribution in [0.2, 0.25) is 5.02 Å². The number of benzene rings is 1. The maximum atomic E-state index is 13.1. The molecule has 1 fully saturated rings. The van der Waals surface area contributed by atoms with Gasteiger partial charge in [-0.15, -0.1) is 0 Å². The minimum Gasteiger partial charge on any atom is -0.396 e. The highest BCUT2D eigenvalue weighted by Gasteiger charge is 2.22. The number of morpholine rings is 1. The number of aliphatic hydroxyl groups is 1. The molecule has 1 unspecified atom stereocenters. The summed E-state index contributed by atoms with van der Waals surface area (Å²) in [5.74, 6) is -0.409. The molecule has 1 aromatic rings. The summed E-state index contributed by atoms with van der Waals surface area (Å²) in [5, 5.41) is 8.96. The van der Waals surface area contributed by atoms with Gasteiger partial charge < -0.3 is 9.84 Å². The molecule has 1 saturated heterocycles. The van der Waals surface area contributed by atoms with Crippen LogP contribution in [0.15, 0.2) is 18.2 Å². The van der Waals surface area contributed by atoms with Gasteiger partial charge in [-0.05, 0) is 24.1 Å². The second-order valence-corrected chi connectivity index (χ2v) is 4.82. The largest absolute Gasteiger partial charge is 0.396 e. The van der Waals surface area contributed by atoms with Crippen LogP contribution in [-0.2, 0) is 4.74 Å². The van der Waals surface area contributed by atoms with Crippen LogP contribution < -0.4 is 0 Å². The summed E-state index contributed by atoms with van der Waals surface area (Å²) >= 11 is 5.78. The molecule has 1 aliphatic rings. The summed E-state index contributed by atoms with van der Waals surface area (Å²) < 4.78 is 18.8. The average molecular weight is 274 g/mol. The zero-order chi connectivity index (χ0) is 13.0. The van der Waals surface area contributed by atoms with Crippen LogP contribution in [0, 0.1) is 5.82 Å². The number of nitrogens with zero attached hydrogens (tertiary/aromatic N) is 1. The SMILES string of the molecule is OCCCN1CCOC(c2ccc(F)c(Cl)c2)C1. The summed E-state index contributed by atoms with van der Waals surface area (Å²) in [5.41, 5.74) is 0.898. The van der Waals surface area contributed by atoms with Crippen molar-refractivity contribution in [3.63, 3.8) is 0 Å². The van der Waals surface area contributed by atoms with Crippen molar-refractivity contribution >= 4 is 11.6 Å². The van der Waals surface area contributed by atoms with Gasteiger partial charge >= 0.3 is 0 Å². The Labute approximate surface area is 111 Å². The number of hydrogen-bond acceptors (Lipinski definition) is 3. The van der Waals surface area contributed by atoms with Crippen molar-refractivity contribution in [3.8, 4) is 0 Å². The van der Waals surface area contributed by atoms with Crippen LogP contribution in [0.5, 0.6) is 0 Å². The maximum absolute atomic E-state index is 13.1. The van der Waals surface area contributed by atoms with E-state index in [9.17, 15) is 4.39 Å². The van der Waals surface area contributed by atoms with Crippen LogP contribution in [0.25, 0.3) is 0 Å². The van der Waals surface area contributed by atoms with Gasteiger partial charge in [0.1, 0.15) is 5.82 Å². The lowest BCUT2D eigenvalue weighted by atomic mass is 10.1. The molecule has 2 rings (SSSR count). The maximum Gasteiger partial charge on any atom is 0.141 e. The predicted molar refractivity (Wildman–Crippen MR) is 68.2 cm³/mol. The van der Waals surface area contributed by atoms with Crippen molar-refractivity contribution in [3.05, 3.63) is 34.6 Å². The molecular weight excluding hydrogens is 257 g/mol. The minimum absolute atomic E-state index is 0.0736. The van der Waals surface area contributed by atoms with Gasteiger partial charge in [0.25, 0.3) is 0 Å². The van der Waals surface area contributed by atoms with E-state index in [4.69, 9.17) is 21.4 Å². The smallest absolute Gasteiger partial charge is 0.141 e. The first kappa shape index (κ1) is 13.7. The molecule has 1 atom stereocenters. The highest BCUT2D eigenvalue weighted by Crippen LogP contribution is 2.26. The lowest BCUT2D eigenvalue weighted by Crippen LogP contribution is -2.39. The third-order valence-electron chi connectivity index (χ3n) is 3.10. The summed E-state index contributed by atoms with van der Waals surface area (Å²) in [6, 6.07) is 4.70. The lowest BCUT2D eigenvalue weighted by molar-refractivity contribution is -0.0312. The number of rotatable bonds is 4. The molecule has 0 radical (unpaired) electrons. The standard InChI is InChI=1S/C13H17ClFNO2/c14-11-8-10(2-3-12(11)15)13-9-16(4-1-6-17)5-7-18-13/h2-3,8,13,17H,1,4-7,9H2. The summed E-state index contributed by atoms with van der Waals surface area (Å²) in [4.78, 5) is 2.24. The molecule has 0 bridgehead atoms. The molecule has 0 saturated carbocycles. The monoisotopic (exact) mass is 273 g/mol. The molecule has 0 aliphatic carbocycles. The van der Waals surface area contributed by atoms with Crippen LogP contribution in [0.4, 0.5) is 4.39 Å². The fourth-order valence-corrected chi connectivity index (χ4v) is 2.30. The zero-order valence-corrected chi connectivity index (χ0v) is 10.9. The Hall–Kier alpha value is -0.680. The van der Waals surface area contributed by atoms with E-state index in [1.54, 1.807) is 12.1 Å². The van der Waals surface area contributed by atoms with E-state index < -0.39 is 5.82 Å². The van der Waals surface area contributed by atoms with Crippen molar-refractivity contribution in [2.75, 3.05) is 32.8 Å². The molecule has 18 heavy (non-hydrogen) atoms. The highest BCUT2D eigenvalue weighted by atomic mass is 35.5. The van der Waals surface area contributed by atoms with Crippen molar-refractivity contribution < 1.29 is 14.2 Å². The van der Waals surface area contributed by atoms with Crippen LogP contribution in [-0.4, -0.2) is 42.9 Å². The van der Waals surface area contributed by atoms with Gasteiger partial charge in [-0.2, -0.15) is 0 Å². The highest BCUT2D eigenvalue weighted by molar-refractivity contribution is 6.30. The molecule has 3 nitrogen and oxygen atoms in total. The van der Waals surface area contributed by atoms with Crippen LogP contribution in [0.1, 0.15) is 18.1 Å². The van der Waals surface area contributed by atoms with Crippen molar-refractivity contribution in [2.24, 2.45) is 0 Å². The molecule has 1 heterocycles. The molecule has 0 amide bonds. The van der Waals surface area contributed by atoms with Gasteiger partial charge in [0.2, 0.25) is 0 Å². The van der Waals surface area contributed by atoms with Gasteiger partial charge in [0, 0.05) is 26.2 Å². The third kappa shape index (κ3) is 3.42. The lowest BCUT2D eigenvalue weighted by Gasteiger charge is -2.33. The van der Waals surface area contributed by atoms with Gasteiger partial charge in [0.15, 0.2) is 0 Å². The van der Waals surface area contributed by atoms with Crippen molar-refractivity contribution in [1.82, 2.24) is 4.90 Å². The van der Waals surface area contributed by atoms with E-state index in [1.165, 1.54) is 6.07 Å². The summed E-state index contributed by atoms with van der Waals surface area (Å²) in [7, 11) is 0. The van der Waals surface area contributed by atoms with Gasteiger partial charge in [0.05, 0.1) is 17.7 Å². The Morgan fingerprint density at radius 3 is 3.06 bits per heavy atom. The first-order chi connectivity index (χ1) is 8.70. The fourth-order valence-electron chi connectivity index (χ4n) is 2.11. The molecule has 1 aromatic carbocycles. The Bertz CT molecular complexity index is 403. The van der Waals surface area contributed by atoms with E-state index >= 15 is 0 Å². The van der Waals surface area contributed by atoms with Gasteiger partial charge in [-0.1, -0.05) is 17.7 Å². The van der Waals surface area contributed by atoms with E-state index in [1.807, 2.05) is 0 Å². The third-order valence-corrected chi connectivity index (χ3v) is 3.39. The second kappa shape index (κ2) is 6.48. The first-order valence-corrected chi connectivity index (χ1v) is 6.48. The minimum atomic E-state index is -0.409. The Kier molecular flexibility index (Phi) is 4.95. The molecular formula is C13H17ClFNO2. The summed E-state index contributed by atoms with van der Waals surface area (Å²) in [6.07, 6.45) is 0.687. The van der Waals surface area contributed by atoms with E-state index in [-0.39, 0.29) is 17.7 Å². The molecule has 1 aliphatic heterocycles. The Morgan fingerprint density at radius 2 is 2.33 bits per heavy atom. The second-order valence-electron chi connectivity index (χ2n) is 4.41. The van der Waals surface area contributed by atoms with Crippen molar-refractivity contribution in [1.29, 1.82) is 0 Å². The number of hydrogen-bond donors (Lipinski definition) is 1. The first-order valence-electron chi connectivity index (χ1n) is 6.10. The fraction of sp³-hybridized carbons (Fsp3) is 0.538. The normalized spacial score (nSPS) is 21.2. The number of ether oxygens (including phenoxy) is 1. The average Bonchev–Trinajstić information content (AvgIpc) is 2.40. The number of halogens is 2. The van der Waals surface area contributed by atoms with E-state index in [0.29, 0.717) is 6.61 Å². The van der Waals surface area contributed by atoms with Crippen molar-refractivity contribution in [2.45, 2.75) is 12.5 Å². The topological polar surface area (TPSA) is 32.7 Å². The Morgan fingerprint density at radius 1 is 1.50 bits per heavy atom. The Balaban J connectivity index is 2.01. The molecule has 0 aromatic heterocycles. The quantitative estimate of drug-likeness (QED) is 0.913. The molecule has 5 heteroatoms. The molecule has 1 N–H and O–H groups in total. The predicted octanol–water partition coefficient (Wildman–Crippen LogP) is 2.23.